The minimum Gasteiger partial charge on any atom is -0.394 e. The van der Waals surface area contributed by atoms with Crippen LogP contribution in [0.1, 0.15) is 251 Å². The fraction of sp³-hybridized carbons (Fsp3) is 1.00. The van der Waals surface area contributed by atoms with Gasteiger partial charge in [0.2, 0.25) is 0 Å². The van der Waals surface area contributed by atoms with Crippen LogP contribution >= 0.6 is 0 Å². The maximum absolute atomic E-state index is 14.2. The molecule has 0 fully saturated rings. The van der Waals surface area contributed by atoms with E-state index in [2.05, 4.69) is 19.2 Å². The summed E-state index contributed by atoms with van der Waals surface area (Å²) in [4.78, 5) is 0. The summed E-state index contributed by atoms with van der Waals surface area (Å²) in [6.07, 6.45) is 32.2. The number of alkyl halides is 3. The minimum absolute atomic E-state index is 0.146. The van der Waals surface area contributed by atoms with Gasteiger partial charge >= 0.3 is 6.18 Å². The maximum atomic E-state index is 14.2. The van der Waals surface area contributed by atoms with Gasteiger partial charge in [-0.25, -0.2) is 0 Å². The third-order valence-corrected chi connectivity index (χ3v) is 12.3. The number of hydrogen-bond donors (Lipinski definition) is 6. The van der Waals surface area contributed by atoms with E-state index in [0.717, 1.165) is 38.5 Å². The highest BCUT2D eigenvalue weighted by atomic mass is 19.4. The summed E-state index contributed by atoms with van der Waals surface area (Å²) >= 11 is 0. The van der Waals surface area contributed by atoms with Crippen molar-refractivity contribution < 1.29 is 43.4 Å². The predicted molar refractivity (Wildman–Crippen MR) is 241 cm³/mol. The molecule has 0 radical (unpaired) electrons. The van der Waals surface area contributed by atoms with Crippen molar-refractivity contribution in [3.8, 4) is 0 Å². The molecular formula is C49H98F3NO6. The van der Waals surface area contributed by atoms with Crippen molar-refractivity contribution >= 4 is 0 Å². The Labute approximate surface area is 361 Å². The second-order valence-corrected chi connectivity index (χ2v) is 18.0. The van der Waals surface area contributed by atoms with Crippen LogP contribution in [0, 0.1) is 0 Å². The van der Waals surface area contributed by atoms with Crippen LogP contribution in [0.4, 0.5) is 13.2 Å². The van der Waals surface area contributed by atoms with E-state index in [-0.39, 0.29) is 12.8 Å². The molecule has 6 atom stereocenters. The average molecular weight is 854 g/mol. The molecule has 0 amide bonds. The lowest BCUT2D eigenvalue weighted by Gasteiger charge is -2.33. The van der Waals surface area contributed by atoms with Gasteiger partial charge in [-0.2, -0.15) is 13.2 Å². The van der Waals surface area contributed by atoms with Gasteiger partial charge in [0.25, 0.3) is 0 Å². The largest absolute Gasteiger partial charge is 0.403 e. The van der Waals surface area contributed by atoms with Crippen molar-refractivity contribution in [1.82, 2.24) is 5.32 Å². The third-order valence-electron chi connectivity index (χ3n) is 12.3. The molecule has 0 aliphatic rings. The first-order chi connectivity index (χ1) is 28.6. The SMILES string of the molecule is CCCCCCCCCCCCCCCCCCCCCCCCCC(N[C@@H](COC[C@H](O)[C@@H](O)CO)[C@H](O)[C@H](O)CCCCCCCCCCCCCC)C(F)(F)F. The molecule has 0 aromatic rings. The van der Waals surface area contributed by atoms with Crippen molar-refractivity contribution in [3.05, 3.63) is 0 Å². The van der Waals surface area contributed by atoms with Crippen LogP contribution in [0.5, 0.6) is 0 Å². The van der Waals surface area contributed by atoms with E-state index in [1.807, 2.05) is 0 Å². The maximum Gasteiger partial charge on any atom is 0.403 e. The second kappa shape index (κ2) is 42.8. The van der Waals surface area contributed by atoms with Gasteiger partial charge in [-0.3, -0.25) is 5.32 Å². The van der Waals surface area contributed by atoms with Crippen molar-refractivity contribution in [2.45, 2.75) is 294 Å². The topological polar surface area (TPSA) is 122 Å². The summed E-state index contributed by atoms with van der Waals surface area (Å²) < 4.78 is 48.1. The van der Waals surface area contributed by atoms with Crippen LogP contribution in [0.2, 0.25) is 0 Å². The van der Waals surface area contributed by atoms with Crippen molar-refractivity contribution in [2.75, 3.05) is 19.8 Å². The van der Waals surface area contributed by atoms with Gasteiger partial charge in [0.1, 0.15) is 18.2 Å². The van der Waals surface area contributed by atoms with Crippen LogP contribution in [-0.2, 0) is 4.74 Å². The highest BCUT2D eigenvalue weighted by molar-refractivity contribution is 4.87. The molecule has 7 nitrogen and oxygen atoms in total. The molecule has 0 bridgehead atoms. The van der Waals surface area contributed by atoms with Gasteiger partial charge in [0, 0.05) is 0 Å². The summed E-state index contributed by atoms with van der Waals surface area (Å²) in [5.74, 6) is 0. The summed E-state index contributed by atoms with van der Waals surface area (Å²) in [6.45, 7) is 2.96. The van der Waals surface area contributed by atoms with Gasteiger partial charge < -0.3 is 30.3 Å². The lowest BCUT2D eigenvalue weighted by molar-refractivity contribution is -0.165. The zero-order valence-electron chi connectivity index (χ0n) is 38.5. The molecule has 6 N–H and O–H groups in total. The normalized spacial score (nSPS) is 15.4. The second-order valence-electron chi connectivity index (χ2n) is 18.0. The molecule has 10 heteroatoms. The van der Waals surface area contributed by atoms with Gasteiger partial charge in [-0.1, -0.05) is 239 Å². The first kappa shape index (κ1) is 58.5. The van der Waals surface area contributed by atoms with E-state index < -0.39 is 62.5 Å². The fourth-order valence-corrected chi connectivity index (χ4v) is 8.16. The molecular weight excluding hydrogens is 756 g/mol. The van der Waals surface area contributed by atoms with Gasteiger partial charge in [-0.05, 0) is 12.8 Å². The number of aliphatic hydroxyl groups excluding tert-OH is 5. The molecule has 0 aliphatic heterocycles. The quantitative estimate of drug-likeness (QED) is 0.0337. The number of aliphatic hydroxyl groups is 5. The zero-order chi connectivity index (χ0) is 43.7. The molecule has 1 unspecified atom stereocenters. The summed E-state index contributed by atoms with van der Waals surface area (Å²) in [7, 11) is 0. The van der Waals surface area contributed by atoms with Gasteiger partial charge in [-0.15, -0.1) is 0 Å². The average Bonchev–Trinajstić information content (AvgIpc) is 3.22. The molecule has 0 heterocycles. The Morgan fingerprint density at radius 1 is 0.407 bits per heavy atom. The molecule has 0 rings (SSSR count). The Hall–Kier alpha value is -0.490. The van der Waals surface area contributed by atoms with E-state index in [1.165, 1.54) is 167 Å². The molecule has 59 heavy (non-hydrogen) atoms. The number of halogens is 3. The smallest absolute Gasteiger partial charge is 0.394 e. The monoisotopic (exact) mass is 854 g/mol. The summed E-state index contributed by atoms with van der Waals surface area (Å²) in [5, 5.41) is 53.1. The Balaban J connectivity index is 4.37. The number of ether oxygens (including phenoxy) is 1. The Morgan fingerprint density at radius 3 is 1.02 bits per heavy atom. The number of hydrogen-bond acceptors (Lipinski definition) is 7. The third kappa shape index (κ3) is 37.8. The fourth-order valence-electron chi connectivity index (χ4n) is 8.16. The van der Waals surface area contributed by atoms with E-state index in [9.17, 15) is 33.6 Å². The van der Waals surface area contributed by atoms with E-state index in [0.29, 0.717) is 19.3 Å². The van der Waals surface area contributed by atoms with E-state index in [4.69, 9.17) is 9.84 Å². The van der Waals surface area contributed by atoms with Crippen LogP contribution in [0.15, 0.2) is 0 Å². The summed E-state index contributed by atoms with van der Waals surface area (Å²) in [5.41, 5.74) is 0. The van der Waals surface area contributed by atoms with Crippen molar-refractivity contribution in [3.63, 3.8) is 0 Å². The molecule has 356 valence electrons. The molecule has 0 aliphatic carbocycles. The van der Waals surface area contributed by atoms with E-state index in [1.54, 1.807) is 0 Å². The molecule has 0 aromatic heterocycles. The molecule has 0 spiro atoms. The number of unbranched alkanes of at least 4 members (excludes halogenated alkanes) is 33. The minimum atomic E-state index is -4.56. The highest BCUT2D eigenvalue weighted by Gasteiger charge is 2.42. The predicted octanol–water partition coefficient (Wildman–Crippen LogP) is 12.8. The number of rotatable bonds is 47. The Kier molecular flexibility index (Phi) is 42.4. The van der Waals surface area contributed by atoms with Crippen LogP contribution in [0.25, 0.3) is 0 Å². The van der Waals surface area contributed by atoms with Gasteiger partial charge in [0.05, 0.1) is 38.1 Å². The molecule has 0 saturated heterocycles. The van der Waals surface area contributed by atoms with Crippen LogP contribution in [-0.4, -0.2) is 88.0 Å². The Morgan fingerprint density at radius 2 is 0.712 bits per heavy atom. The van der Waals surface area contributed by atoms with Gasteiger partial charge in [0.15, 0.2) is 0 Å². The van der Waals surface area contributed by atoms with Crippen LogP contribution < -0.4 is 5.32 Å². The lowest BCUT2D eigenvalue weighted by Crippen LogP contribution is -2.56. The highest BCUT2D eigenvalue weighted by Crippen LogP contribution is 2.26. The van der Waals surface area contributed by atoms with Crippen LogP contribution in [0.3, 0.4) is 0 Å². The lowest BCUT2D eigenvalue weighted by atomic mass is 9.97. The first-order valence-electron chi connectivity index (χ1n) is 25.3. The zero-order valence-corrected chi connectivity index (χ0v) is 38.5. The number of nitrogens with one attached hydrogen (secondary N) is 1. The molecule has 0 saturated carbocycles. The molecule has 0 aromatic carbocycles. The summed E-state index contributed by atoms with van der Waals surface area (Å²) in [6, 6.07) is -3.12. The first-order valence-corrected chi connectivity index (χ1v) is 25.3. The van der Waals surface area contributed by atoms with Crippen molar-refractivity contribution in [2.24, 2.45) is 0 Å². The standard InChI is InChI=1S/C49H98F3NO6/c1-3-5-7-9-11-13-15-17-18-19-20-21-22-23-24-25-26-27-29-31-33-35-37-39-47(49(50,51)52)53-43(41-59-42-46(57)45(56)40-54)48(58)44(55)38-36-34-32-30-28-16-14-12-10-8-6-4-2/h43-48,53-58H,3-42H2,1-2H3/t43-,44+,45-,46-,47?,48-/m0/s1. The van der Waals surface area contributed by atoms with E-state index >= 15 is 0 Å². The van der Waals surface area contributed by atoms with Crippen molar-refractivity contribution in [1.29, 1.82) is 0 Å². The Bertz CT molecular complexity index is 840.